The second-order valence-corrected chi connectivity index (χ2v) is 7.02. The van der Waals surface area contributed by atoms with Crippen LogP contribution in [-0.4, -0.2) is 66.2 Å². The highest BCUT2D eigenvalue weighted by Gasteiger charge is 2.44. The molecule has 0 spiro atoms. The molecule has 0 aromatic rings. The average molecular weight is 315 g/mol. The zero-order chi connectivity index (χ0) is 16.5. The fraction of sp³-hybridized carbons (Fsp3) is 0.867. The molecule has 7 heteroatoms. The Morgan fingerprint density at radius 2 is 1.77 bits per heavy atom. The minimum Gasteiger partial charge on any atom is -0.479 e. The number of nitrogens with zero attached hydrogens (tertiary/aromatic N) is 1. The number of aliphatic carboxylic acids is 1. The van der Waals surface area contributed by atoms with E-state index in [1.165, 1.54) is 6.92 Å². The van der Waals surface area contributed by atoms with Crippen molar-refractivity contribution >= 4 is 12.1 Å². The molecular weight excluding hydrogens is 290 g/mol. The number of fused-ring (bicyclic) bond motifs is 2. The monoisotopic (exact) mass is 315 g/mol. The molecule has 0 radical (unpaired) electrons. The maximum Gasteiger partial charge on any atom is 0.410 e. The second-order valence-electron chi connectivity index (χ2n) is 7.02. The number of likely N-dealkylation sites (tertiary alicyclic amines) is 1. The third-order valence-corrected chi connectivity index (χ3v) is 3.86. The number of ether oxygens (including phenoxy) is 3. The Kier molecular flexibility index (Phi) is 4.97. The molecule has 2 unspecified atom stereocenters. The van der Waals surface area contributed by atoms with E-state index in [2.05, 4.69) is 0 Å². The van der Waals surface area contributed by atoms with Crippen LogP contribution in [0.3, 0.4) is 0 Å². The van der Waals surface area contributed by atoms with E-state index < -0.39 is 17.7 Å². The van der Waals surface area contributed by atoms with Gasteiger partial charge in [-0.3, -0.25) is 0 Å². The lowest BCUT2D eigenvalue weighted by molar-refractivity contribution is -0.181. The van der Waals surface area contributed by atoms with Crippen LogP contribution in [0, 0.1) is 11.8 Å². The number of carbonyl (C=O) groups is 2. The molecule has 2 rings (SSSR count). The second kappa shape index (κ2) is 6.42. The van der Waals surface area contributed by atoms with E-state index >= 15 is 0 Å². The summed E-state index contributed by atoms with van der Waals surface area (Å²) in [5.41, 5.74) is -0.534. The minimum absolute atomic E-state index is 0.0261. The van der Waals surface area contributed by atoms with E-state index in [4.69, 9.17) is 19.3 Å². The Balaban J connectivity index is 2.01. The summed E-state index contributed by atoms with van der Waals surface area (Å²) < 4.78 is 16.6. The van der Waals surface area contributed by atoms with Crippen molar-refractivity contribution < 1.29 is 28.9 Å². The van der Waals surface area contributed by atoms with Gasteiger partial charge in [0, 0.05) is 24.9 Å². The lowest BCUT2D eigenvalue weighted by atomic mass is 9.84. The van der Waals surface area contributed by atoms with Crippen LogP contribution in [0.15, 0.2) is 0 Å². The zero-order valence-electron chi connectivity index (χ0n) is 13.6. The maximum absolute atomic E-state index is 12.2. The van der Waals surface area contributed by atoms with E-state index in [0.717, 1.165) is 0 Å². The molecule has 3 atom stereocenters. The van der Waals surface area contributed by atoms with Gasteiger partial charge < -0.3 is 24.2 Å². The molecule has 0 aliphatic carbocycles. The van der Waals surface area contributed by atoms with Crippen LogP contribution in [-0.2, 0) is 19.0 Å². The number of carboxylic acid groups (broad SMARTS) is 1. The molecule has 126 valence electrons. The summed E-state index contributed by atoms with van der Waals surface area (Å²) in [6, 6.07) is 0. The number of hydrogen-bond donors (Lipinski definition) is 1. The van der Waals surface area contributed by atoms with Crippen molar-refractivity contribution in [2.24, 2.45) is 11.8 Å². The Labute approximate surface area is 130 Å². The quantitative estimate of drug-likeness (QED) is 0.846. The summed E-state index contributed by atoms with van der Waals surface area (Å²) in [7, 11) is 0. The van der Waals surface area contributed by atoms with Gasteiger partial charge in [-0.1, -0.05) is 0 Å². The van der Waals surface area contributed by atoms with Crippen molar-refractivity contribution in [3.63, 3.8) is 0 Å². The molecule has 2 bridgehead atoms. The molecule has 1 N–H and O–H groups in total. The molecule has 2 aliphatic rings. The number of amides is 1. The number of hydrogen-bond acceptors (Lipinski definition) is 5. The Hall–Kier alpha value is -1.34. The minimum atomic E-state index is -0.978. The predicted octanol–water partition coefficient (Wildman–Crippen LogP) is 1.36. The molecule has 0 aromatic carbocycles. The third-order valence-electron chi connectivity index (χ3n) is 3.86. The van der Waals surface area contributed by atoms with Gasteiger partial charge in [-0.15, -0.1) is 0 Å². The highest BCUT2D eigenvalue weighted by molar-refractivity contribution is 5.71. The summed E-state index contributed by atoms with van der Waals surface area (Å²) in [5, 5.41) is 9.00. The first-order valence-electron chi connectivity index (χ1n) is 7.61. The first kappa shape index (κ1) is 17.0. The van der Waals surface area contributed by atoms with Crippen LogP contribution in [0.25, 0.3) is 0 Å². The predicted molar refractivity (Wildman–Crippen MR) is 77.6 cm³/mol. The Bertz CT molecular complexity index is 418. The van der Waals surface area contributed by atoms with Gasteiger partial charge in [-0.05, 0) is 27.7 Å². The maximum atomic E-state index is 12.2. The molecule has 22 heavy (non-hydrogen) atoms. The van der Waals surface area contributed by atoms with Crippen molar-refractivity contribution in [2.45, 2.75) is 45.5 Å². The van der Waals surface area contributed by atoms with Crippen molar-refractivity contribution in [1.82, 2.24) is 4.90 Å². The van der Waals surface area contributed by atoms with Crippen molar-refractivity contribution in [3.8, 4) is 0 Å². The summed E-state index contributed by atoms with van der Waals surface area (Å²) in [5.74, 6) is -1.03. The van der Waals surface area contributed by atoms with E-state index in [1.54, 1.807) is 4.90 Å². The van der Waals surface area contributed by atoms with Gasteiger partial charge in [0.05, 0.1) is 19.3 Å². The van der Waals surface area contributed by atoms with Crippen molar-refractivity contribution in [1.29, 1.82) is 0 Å². The fourth-order valence-electron chi connectivity index (χ4n) is 2.89. The van der Waals surface area contributed by atoms with E-state index in [1.807, 2.05) is 20.8 Å². The lowest BCUT2D eigenvalue weighted by Crippen LogP contribution is -2.59. The van der Waals surface area contributed by atoms with Crippen LogP contribution < -0.4 is 0 Å². The third kappa shape index (κ3) is 4.10. The molecule has 2 fully saturated rings. The first-order valence-corrected chi connectivity index (χ1v) is 7.61. The van der Waals surface area contributed by atoms with E-state index in [-0.39, 0.29) is 24.0 Å². The van der Waals surface area contributed by atoms with Crippen LogP contribution in [0.2, 0.25) is 0 Å². The van der Waals surface area contributed by atoms with Gasteiger partial charge in [-0.25, -0.2) is 9.59 Å². The van der Waals surface area contributed by atoms with Crippen LogP contribution in [0.1, 0.15) is 27.7 Å². The molecule has 2 saturated heterocycles. The van der Waals surface area contributed by atoms with Crippen LogP contribution in [0.4, 0.5) is 4.79 Å². The van der Waals surface area contributed by atoms with Gasteiger partial charge in [0.15, 0.2) is 6.10 Å². The zero-order valence-corrected chi connectivity index (χ0v) is 13.6. The summed E-state index contributed by atoms with van der Waals surface area (Å²) in [4.78, 5) is 24.9. The highest BCUT2D eigenvalue weighted by atomic mass is 16.6. The standard InChI is InChI=1S/C15H25NO6/c1-9(13(17)18)21-12-10-5-16(6-11(12)8-20-7-10)14(19)22-15(2,3)4/h9-12H,5-8H2,1-4H3,(H,17,18)/t9-,10?,11?,12?/m1/s1. The molecule has 7 nitrogen and oxygen atoms in total. The Morgan fingerprint density at radius 3 is 2.23 bits per heavy atom. The van der Waals surface area contributed by atoms with Crippen molar-refractivity contribution in [2.75, 3.05) is 26.3 Å². The first-order chi connectivity index (χ1) is 10.2. The Morgan fingerprint density at radius 1 is 1.23 bits per heavy atom. The largest absolute Gasteiger partial charge is 0.479 e. The fourth-order valence-corrected chi connectivity index (χ4v) is 2.89. The normalized spacial score (nSPS) is 29.8. The highest BCUT2D eigenvalue weighted by Crippen LogP contribution is 2.31. The molecule has 0 saturated carbocycles. The molecular formula is C15H25NO6. The number of piperidine rings is 1. The van der Waals surface area contributed by atoms with Gasteiger partial charge in [0.25, 0.3) is 0 Å². The van der Waals surface area contributed by atoms with Gasteiger partial charge >= 0.3 is 12.1 Å². The average Bonchev–Trinajstić information content (AvgIpc) is 2.35. The topological polar surface area (TPSA) is 85.3 Å². The summed E-state index contributed by atoms with van der Waals surface area (Å²) >= 11 is 0. The molecule has 2 heterocycles. The molecule has 2 aliphatic heterocycles. The molecule has 1 amide bonds. The van der Waals surface area contributed by atoms with Gasteiger partial charge in [0.1, 0.15) is 5.60 Å². The van der Waals surface area contributed by atoms with Crippen LogP contribution in [0.5, 0.6) is 0 Å². The lowest BCUT2D eigenvalue weighted by Gasteiger charge is -2.46. The van der Waals surface area contributed by atoms with Crippen LogP contribution >= 0.6 is 0 Å². The van der Waals surface area contributed by atoms with Crippen molar-refractivity contribution in [3.05, 3.63) is 0 Å². The number of rotatable bonds is 3. The summed E-state index contributed by atoms with van der Waals surface area (Å²) in [6.45, 7) is 8.88. The number of carboxylic acids is 1. The van der Waals surface area contributed by atoms with Gasteiger partial charge in [-0.2, -0.15) is 0 Å². The molecule has 0 aromatic heterocycles. The number of carbonyl (C=O) groups excluding carboxylic acids is 1. The van der Waals surface area contributed by atoms with E-state index in [9.17, 15) is 9.59 Å². The smallest absolute Gasteiger partial charge is 0.410 e. The van der Waals surface area contributed by atoms with E-state index in [0.29, 0.717) is 26.3 Å². The van der Waals surface area contributed by atoms with Gasteiger partial charge in [0.2, 0.25) is 0 Å². The summed E-state index contributed by atoms with van der Waals surface area (Å²) in [6.07, 6.45) is -1.39. The SMILES string of the molecule is C[C@@H](OC1C2COCC1CN(C(=O)OC(C)(C)C)C2)C(=O)O.